The highest BCUT2D eigenvalue weighted by Gasteiger charge is 2.21. The van der Waals surface area contributed by atoms with E-state index in [0.29, 0.717) is 35.1 Å². The summed E-state index contributed by atoms with van der Waals surface area (Å²) in [6.45, 7) is 6.65. The van der Waals surface area contributed by atoms with Gasteiger partial charge in [-0.15, -0.1) is 0 Å². The molecule has 3 aromatic rings. The Hall–Kier alpha value is -2.67. The molecule has 3 aromatic heterocycles. The average molecular weight is 339 g/mol. The summed E-state index contributed by atoms with van der Waals surface area (Å²) in [4.78, 5) is 17.5. The Kier molecular flexibility index (Phi) is 4.01. The molecular weight excluding hydrogens is 318 g/mol. The predicted octanol–water partition coefficient (Wildman–Crippen LogP) is 2.22. The van der Waals surface area contributed by atoms with Crippen molar-refractivity contribution in [3.05, 3.63) is 36.2 Å². The largest absolute Gasteiger partial charge is 0.463 e. The van der Waals surface area contributed by atoms with E-state index in [9.17, 15) is 4.79 Å². The number of nitrogens with one attached hydrogen (secondary N) is 2. The molecule has 1 aliphatic heterocycles. The molecule has 7 nitrogen and oxygen atoms in total. The summed E-state index contributed by atoms with van der Waals surface area (Å²) in [5, 5.41) is 11.4. The van der Waals surface area contributed by atoms with E-state index < -0.39 is 0 Å². The third-order valence-corrected chi connectivity index (χ3v) is 4.49. The second-order valence-corrected chi connectivity index (χ2v) is 6.69. The number of hydrogen-bond donors (Lipinski definition) is 2. The van der Waals surface area contributed by atoms with Gasteiger partial charge in [-0.3, -0.25) is 4.79 Å². The molecule has 4 heterocycles. The Labute approximate surface area is 145 Å². The third kappa shape index (κ3) is 2.91. The highest BCUT2D eigenvalue weighted by atomic mass is 16.3. The normalized spacial score (nSPS) is 14.8. The Bertz CT molecular complexity index is 894. The van der Waals surface area contributed by atoms with Gasteiger partial charge in [-0.25, -0.2) is 9.67 Å². The quantitative estimate of drug-likeness (QED) is 0.744. The highest BCUT2D eigenvalue weighted by Crippen LogP contribution is 2.26. The van der Waals surface area contributed by atoms with Crippen LogP contribution in [0, 0.1) is 5.92 Å². The monoisotopic (exact) mass is 339 g/mol. The summed E-state index contributed by atoms with van der Waals surface area (Å²) in [6.07, 6.45) is 3.32. The fraction of sp³-hybridized carbons (Fsp3) is 0.389. The van der Waals surface area contributed by atoms with Crippen molar-refractivity contribution < 1.29 is 9.21 Å². The first kappa shape index (κ1) is 15.8. The number of rotatable bonds is 5. The summed E-state index contributed by atoms with van der Waals surface area (Å²) < 4.78 is 7.30. The van der Waals surface area contributed by atoms with Crippen molar-refractivity contribution in [1.82, 2.24) is 25.4 Å². The lowest BCUT2D eigenvalue weighted by atomic mass is 10.0. The Balaban J connectivity index is 1.76. The number of hydrogen-bond acceptors (Lipinski definition) is 5. The van der Waals surface area contributed by atoms with Crippen LogP contribution < -0.4 is 10.6 Å². The fourth-order valence-corrected chi connectivity index (χ4v) is 2.96. The first-order chi connectivity index (χ1) is 12.1. The van der Waals surface area contributed by atoms with Crippen LogP contribution in [0.5, 0.6) is 0 Å². The number of amides is 1. The number of pyridine rings is 1. The molecule has 1 fully saturated rings. The van der Waals surface area contributed by atoms with E-state index in [1.807, 2.05) is 30.7 Å². The van der Waals surface area contributed by atoms with Crippen LogP contribution in [0.1, 0.15) is 30.2 Å². The van der Waals surface area contributed by atoms with Crippen molar-refractivity contribution >= 4 is 16.9 Å². The van der Waals surface area contributed by atoms with Crippen molar-refractivity contribution in [1.29, 1.82) is 0 Å². The molecule has 1 aliphatic rings. The van der Waals surface area contributed by atoms with Crippen LogP contribution in [0.4, 0.5) is 0 Å². The molecule has 0 aromatic carbocycles. The molecule has 1 saturated heterocycles. The number of furan rings is 1. The number of aromatic nitrogens is 3. The van der Waals surface area contributed by atoms with Gasteiger partial charge < -0.3 is 15.1 Å². The molecule has 0 aliphatic carbocycles. The molecule has 1 amide bonds. The molecule has 25 heavy (non-hydrogen) atoms. The molecule has 7 heteroatoms. The van der Waals surface area contributed by atoms with Crippen LogP contribution in [0.15, 0.2) is 35.1 Å². The lowest BCUT2D eigenvalue weighted by Gasteiger charge is -2.27. The molecule has 0 radical (unpaired) electrons. The van der Waals surface area contributed by atoms with Crippen molar-refractivity contribution in [2.75, 3.05) is 19.6 Å². The first-order valence-corrected chi connectivity index (χ1v) is 8.54. The molecule has 0 unspecified atom stereocenters. The van der Waals surface area contributed by atoms with Crippen molar-refractivity contribution in [2.24, 2.45) is 5.92 Å². The summed E-state index contributed by atoms with van der Waals surface area (Å²) in [5.41, 5.74) is 1.91. The van der Waals surface area contributed by atoms with Gasteiger partial charge in [-0.1, -0.05) is 0 Å². The standard InChI is InChI=1S/C18H21N5O2/c1-11(2)23-17-14(10-21-23)13(18(24)20-9-12-7-19-8-12)6-15(22-17)16-4-3-5-25-16/h3-6,10-12,19H,7-9H2,1-2H3,(H,20,24). The van der Waals surface area contributed by atoms with E-state index in [1.54, 1.807) is 18.5 Å². The fourth-order valence-electron chi connectivity index (χ4n) is 2.96. The van der Waals surface area contributed by atoms with Crippen LogP contribution >= 0.6 is 0 Å². The Morgan fingerprint density at radius 3 is 2.96 bits per heavy atom. The summed E-state index contributed by atoms with van der Waals surface area (Å²) in [5.74, 6) is 1.04. The van der Waals surface area contributed by atoms with Crippen molar-refractivity contribution in [2.45, 2.75) is 19.9 Å². The summed E-state index contributed by atoms with van der Waals surface area (Å²) >= 11 is 0. The predicted molar refractivity (Wildman–Crippen MR) is 94.3 cm³/mol. The second kappa shape index (κ2) is 6.33. The zero-order valence-corrected chi connectivity index (χ0v) is 14.3. The molecule has 2 N–H and O–H groups in total. The minimum absolute atomic E-state index is 0.101. The molecule has 4 rings (SSSR count). The van der Waals surface area contributed by atoms with Gasteiger partial charge >= 0.3 is 0 Å². The van der Waals surface area contributed by atoms with Gasteiger partial charge in [0.05, 0.1) is 23.4 Å². The maximum Gasteiger partial charge on any atom is 0.252 e. The minimum Gasteiger partial charge on any atom is -0.463 e. The number of carbonyl (C=O) groups excluding carboxylic acids is 1. The Morgan fingerprint density at radius 1 is 1.48 bits per heavy atom. The average Bonchev–Trinajstić information content (AvgIpc) is 3.21. The third-order valence-electron chi connectivity index (χ3n) is 4.49. The molecule has 0 spiro atoms. The zero-order valence-electron chi connectivity index (χ0n) is 14.3. The first-order valence-electron chi connectivity index (χ1n) is 8.54. The van der Waals surface area contributed by atoms with Gasteiger partial charge in [0.1, 0.15) is 5.69 Å². The van der Waals surface area contributed by atoms with E-state index in [2.05, 4.69) is 20.7 Å². The zero-order chi connectivity index (χ0) is 17.4. The number of nitrogens with zero attached hydrogens (tertiary/aromatic N) is 3. The van der Waals surface area contributed by atoms with Crippen LogP contribution in [0.2, 0.25) is 0 Å². The summed E-state index contributed by atoms with van der Waals surface area (Å²) in [7, 11) is 0. The van der Waals surface area contributed by atoms with Crippen molar-refractivity contribution in [3.8, 4) is 11.5 Å². The van der Waals surface area contributed by atoms with Gasteiger partial charge in [0.15, 0.2) is 11.4 Å². The molecule has 0 bridgehead atoms. The van der Waals surface area contributed by atoms with E-state index in [4.69, 9.17) is 4.42 Å². The maximum absolute atomic E-state index is 12.8. The topological polar surface area (TPSA) is 85.0 Å². The van der Waals surface area contributed by atoms with Crippen LogP contribution in [-0.4, -0.2) is 40.3 Å². The lowest BCUT2D eigenvalue weighted by Crippen LogP contribution is -2.48. The van der Waals surface area contributed by atoms with Gasteiger partial charge in [0, 0.05) is 31.6 Å². The number of fused-ring (bicyclic) bond motifs is 1. The van der Waals surface area contributed by atoms with Gasteiger partial charge in [0.25, 0.3) is 5.91 Å². The van der Waals surface area contributed by atoms with Gasteiger partial charge in [0.2, 0.25) is 0 Å². The van der Waals surface area contributed by atoms with Crippen LogP contribution in [0.25, 0.3) is 22.5 Å². The lowest BCUT2D eigenvalue weighted by molar-refractivity contribution is 0.0944. The maximum atomic E-state index is 12.8. The van der Waals surface area contributed by atoms with Crippen molar-refractivity contribution in [3.63, 3.8) is 0 Å². The van der Waals surface area contributed by atoms with E-state index in [0.717, 1.165) is 18.5 Å². The SMILES string of the molecule is CC(C)n1ncc2c(C(=O)NCC3CNC3)cc(-c3ccco3)nc21. The van der Waals surface area contributed by atoms with Gasteiger partial charge in [-0.2, -0.15) is 5.10 Å². The van der Waals surface area contributed by atoms with E-state index in [1.165, 1.54) is 0 Å². The molecular formula is C18H21N5O2. The van der Waals surface area contributed by atoms with Crippen LogP contribution in [-0.2, 0) is 0 Å². The molecule has 0 saturated carbocycles. The smallest absolute Gasteiger partial charge is 0.252 e. The molecule has 0 atom stereocenters. The van der Waals surface area contributed by atoms with E-state index >= 15 is 0 Å². The summed E-state index contributed by atoms with van der Waals surface area (Å²) in [6, 6.07) is 5.58. The van der Waals surface area contributed by atoms with E-state index in [-0.39, 0.29) is 11.9 Å². The van der Waals surface area contributed by atoms with Crippen LogP contribution in [0.3, 0.4) is 0 Å². The number of carbonyl (C=O) groups is 1. The minimum atomic E-state index is -0.101. The second-order valence-electron chi connectivity index (χ2n) is 6.69. The molecule has 130 valence electrons. The highest BCUT2D eigenvalue weighted by molar-refractivity contribution is 6.06. The Morgan fingerprint density at radius 2 is 2.32 bits per heavy atom. The van der Waals surface area contributed by atoms with Gasteiger partial charge in [-0.05, 0) is 32.0 Å².